The van der Waals surface area contributed by atoms with Crippen LogP contribution in [0, 0.1) is 25.7 Å². The summed E-state index contributed by atoms with van der Waals surface area (Å²) in [6.07, 6.45) is -1.13. The average molecular weight is 1150 g/mol. The number of fused-ring (bicyclic) bond motifs is 2. The molecular weight excluding hydrogens is 1080 g/mol. The number of hydrogen-bond donors (Lipinski definition) is 7. The Kier molecular flexibility index (Phi) is 22.8. The van der Waals surface area contributed by atoms with Crippen LogP contribution >= 0.6 is 0 Å². The number of pyridine rings is 1. The van der Waals surface area contributed by atoms with Gasteiger partial charge in [0.1, 0.15) is 35.4 Å². The highest BCUT2D eigenvalue weighted by Gasteiger charge is 2.30. The zero-order valence-corrected chi connectivity index (χ0v) is 47.7. The SMILES string of the molecule is CC.COc1cc(C(=O)NCCOCCOCCOCCNC(=O)COc2ccc(NS(=O)c3ccc4nc(-c5cc(C)c(O)c(C)c5)[nH]c4c3)nc2)ccc1NCC#Cc1cc2c(NC3CCN(C)CC3)cccc2n1CC(F)(F)F. The Morgan fingerprint density at radius 2 is 1.57 bits per heavy atom. The number of hydrogen-bond acceptors (Lipinski definition) is 14. The monoisotopic (exact) mass is 1150 g/mol. The molecule has 1 saturated heterocycles. The molecule has 0 spiro atoms. The highest BCUT2D eigenvalue weighted by molar-refractivity contribution is 7.86. The summed E-state index contributed by atoms with van der Waals surface area (Å²) in [4.78, 5) is 40.2. The number of aromatic amines is 1. The second-order valence-electron chi connectivity index (χ2n) is 19.0. The van der Waals surface area contributed by atoms with Crippen molar-refractivity contribution in [3.05, 3.63) is 114 Å². The van der Waals surface area contributed by atoms with Crippen molar-refractivity contribution < 1.29 is 55.8 Å². The molecule has 0 saturated carbocycles. The Bertz CT molecular complexity index is 3310. The van der Waals surface area contributed by atoms with E-state index in [9.17, 15) is 32.1 Å². The van der Waals surface area contributed by atoms with Crippen LogP contribution in [0.2, 0.25) is 0 Å². The van der Waals surface area contributed by atoms with Gasteiger partial charge in [-0.25, -0.2) is 14.2 Å². The third-order valence-electron chi connectivity index (χ3n) is 13.0. The van der Waals surface area contributed by atoms with Crippen LogP contribution < -0.4 is 35.5 Å². The molecule has 1 unspecified atom stereocenters. The number of imidazole rings is 1. The van der Waals surface area contributed by atoms with Gasteiger partial charge in [0, 0.05) is 41.3 Å². The second-order valence-corrected chi connectivity index (χ2v) is 20.2. The first kappa shape index (κ1) is 61.7. The molecular formula is C59H71F3N10O9S. The third-order valence-corrected chi connectivity index (χ3v) is 14.1. The smallest absolute Gasteiger partial charge is 0.406 e. The van der Waals surface area contributed by atoms with Crippen LogP contribution in [0.3, 0.4) is 0 Å². The molecule has 2 amide bonds. The molecule has 4 heterocycles. The number of nitrogens with zero attached hydrogens (tertiary/aromatic N) is 4. The van der Waals surface area contributed by atoms with Crippen LogP contribution in [0.1, 0.15) is 53.9 Å². The summed E-state index contributed by atoms with van der Waals surface area (Å²) in [5, 5.41) is 23.1. The van der Waals surface area contributed by atoms with Crippen molar-refractivity contribution in [2.45, 2.75) is 64.2 Å². The molecule has 0 bridgehead atoms. The van der Waals surface area contributed by atoms with Gasteiger partial charge in [0.25, 0.3) is 11.8 Å². The largest absolute Gasteiger partial charge is 0.507 e. The van der Waals surface area contributed by atoms with Gasteiger partial charge in [-0.2, -0.15) is 13.2 Å². The van der Waals surface area contributed by atoms with Gasteiger partial charge in [-0.15, -0.1) is 0 Å². The molecule has 0 aliphatic carbocycles. The van der Waals surface area contributed by atoms with Gasteiger partial charge in [-0.05, 0) is 143 Å². The third kappa shape index (κ3) is 17.8. The number of benzene rings is 4. The number of aromatic hydroxyl groups is 1. The molecule has 7 aromatic rings. The molecule has 1 aliphatic rings. The molecule has 1 fully saturated rings. The number of phenols is 1. The number of rotatable bonds is 26. The van der Waals surface area contributed by atoms with Crippen molar-refractivity contribution in [2.24, 2.45) is 0 Å². The van der Waals surface area contributed by atoms with Gasteiger partial charge < -0.3 is 64.5 Å². The number of nitrogens with one attached hydrogen (secondary N) is 6. The number of anilines is 3. The molecule has 1 atom stereocenters. The minimum Gasteiger partial charge on any atom is -0.507 e. The Labute approximate surface area is 477 Å². The maximum absolute atomic E-state index is 13.8. The van der Waals surface area contributed by atoms with Crippen molar-refractivity contribution in [3.8, 4) is 40.5 Å². The summed E-state index contributed by atoms with van der Waals surface area (Å²) < 4.78 is 86.3. The van der Waals surface area contributed by atoms with Gasteiger partial charge in [0.2, 0.25) is 0 Å². The number of amides is 2. The Hall–Kier alpha value is -7.88. The number of H-pyrrole nitrogens is 1. The number of aromatic nitrogens is 4. The standard InChI is InChI=1S/C57H65F3N10O9S.C2H6/c1-37-29-40(30-38(2)54(37)72)55-66-47-14-12-44(33-49(47)67-55)80(74)68-52-15-11-43(34-64-52)79-35-53(71)62-19-23-76-25-27-78-28-26-77-24-20-63-56(73)39-10-13-48(51(31-39)75-4)61-18-6-7-42-32-45-46(65-41-16-21-69(3)22-17-41)8-5-9-50(45)70(42)36-57(58,59)60;1-2/h5,8-15,29-34,41,61,65,72H,16-28,35-36H2,1-4H3,(H,62,71)(H,63,73)(H,64,68)(H,66,67);1-2H3. The molecule has 1 aliphatic heterocycles. The molecule has 8 rings (SSSR count). The predicted octanol–water partition coefficient (Wildman–Crippen LogP) is 8.58. The highest BCUT2D eigenvalue weighted by Crippen LogP contribution is 2.33. The van der Waals surface area contributed by atoms with Crippen LogP contribution in [-0.2, 0) is 36.5 Å². The summed E-state index contributed by atoms with van der Waals surface area (Å²) in [5.74, 6) is 7.19. The maximum Gasteiger partial charge on any atom is 0.406 e. The van der Waals surface area contributed by atoms with E-state index >= 15 is 0 Å². The van der Waals surface area contributed by atoms with Crippen LogP contribution in [0.4, 0.5) is 30.4 Å². The summed E-state index contributed by atoms with van der Waals surface area (Å²) in [6.45, 7) is 10.5. The lowest BCUT2D eigenvalue weighted by Crippen LogP contribution is -2.36. The Morgan fingerprint density at radius 3 is 2.26 bits per heavy atom. The lowest BCUT2D eigenvalue weighted by atomic mass is 10.0. The predicted molar refractivity (Wildman–Crippen MR) is 312 cm³/mol. The first-order valence-corrected chi connectivity index (χ1v) is 28.2. The van der Waals surface area contributed by atoms with Crippen molar-refractivity contribution >= 4 is 61.9 Å². The molecule has 82 heavy (non-hydrogen) atoms. The normalized spacial score (nSPS) is 13.1. The fraction of sp³-hybridized carbons (Fsp3) is 0.390. The zero-order chi connectivity index (χ0) is 58.6. The molecule has 3 aromatic heterocycles. The zero-order valence-electron chi connectivity index (χ0n) is 46.9. The number of ether oxygens (including phenoxy) is 5. The summed E-state index contributed by atoms with van der Waals surface area (Å²) >= 11 is 0. The molecule has 7 N–H and O–H groups in total. The summed E-state index contributed by atoms with van der Waals surface area (Å²) in [5.41, 5.74) is 6.14. The van der Waals surface area contributed by atoms with Crippen molar-refractivity contribution in [1.29, 1.82) is 0 Å². The first-order valence-electron chi connectivity index (χ1n) is 27.0. The molecule has 438 valence electrons. The van der Waals surface area contributed by atoms with E-state index < -0.39 is 23.7 Å². The van der Waals surface area contributed by atoms with Crippen molar-refractivity contribution in [3.63, 3.8) is 0 Å². The number of halogens is 3. The fourth-order valence-electron chi connectivity index (χ4n) is 8.85. The number of carbonyl (C=O) groups excluding carboxylic acids is 2. The maximum atomic E-state index is 13.8. The molecule has 23 heteroatoms. The number of methoxy groups -OCH3 is 1. The average Bonchev–Trinajstić information content (AvgIpc) is 4.18. The van der Waals surface area contributed by atoms with E-state index in [1.807, 2.05) is 45.9 Å². The minimum atomic E-state index is -4.44. The summed E-state index contributed by atoms with van der Waals surface area (Å²) in [7, 11) is 1.91. The quantitative estimate of drug-likeness (QED) is 0.0199. The van der Waals surface area contributed by atoms with Crippen LogP contribution in [-0.4, -0.2) is 151 Å². The number of phenolic OH excluding ortho intramolecular Hbond substituents is 1. The van der Waals surface area contributed by atoms with E-state index in [-0.39, 0.29) is 68.8 Å². The van der Waals surface area contributed by atoms with Gasteiger partial charge in [0.15, 0.2) is 17.6 Å². The van der Waals surface area contributed by atoms with E-state index in [0.29, 0.717) is 87.7 Å². The minimum absolute atomic E-state index is 0.104. The lowest BCUT2D eigenvalue weighted by molar-refractivity contribution is -0.140. The lowest BCUT2D eigenvalue weighted by Gasteiger charge is -2.30. The van der Waals surface area contributed by atoms with Crippen molar-refractivity contribution in [1.82, 2.24) is 35.1 Å². The summed E-state index contributed by atoms with van der Waals surface area (Å²) in [6, 6.07) is 24.3. The first-order chi connectivity index (χ1) is 39.6. The van der Waals surface area contributed by atoms with E-state index in [2.05, 4.69) is 64.7 Å². The molecule has 19 nitrogen and oxygen atoms in total. The topological polar surface area (TPSA) is 227 Å². The highest BCUT2D eigenvalue weighted by atomic mass is 32.2. The van der Waals surface area contributed by atoms with E-state index in [4.69, 9.17) is 23.7 Å². The van der Waals surface area contributed by atoms with Gasteiger partial charge in [0.05, 0.1) is 92.3 Å². The van der Waals surface area contributed by atoms with Gasteiger partial charge in [-0.3, -0.25) is 14.3 Å². The Balaban J connectivity index is 0.00000479. The van der Waals surface area contributed by atoms with E-state index in [0.717, 1.165) is 48.3 Å². The van der Waals surface area contributed by atoms with E-state index in [1.165, 1.54) is 17.9 Å². The van der Waals surface area contributed by atoms with Gasteiger partial charge in [-0.1, -0.05) is 25.8 Å². The number of carbonyl (C=O) groups is 2. The van der Waals surface area contributed by atoms with E-state index in [1.54, 1.807) is 66.7 Å². The second kappa shape index (κ2) is 30.3. The molecule has 0 radical (unpaired) electrons. The Morgan fingerprint density at radius 1 is 0.866 bits per heavy atom. The van der Waals surface area contributed by atoms with Crippen molar-refractivity contribution in [2.75, 3.05) is 108 Å². The van der Waals surface area contributed by atoms with Crippen LogP contribution in [0.15, 0.2) is 96.0 Å². The number of aryl methyl sites for hydroxylation is 2. The number of alkyl halides is 3. The van der Waals surface area contributed by atoms with Crippen LogP contribution in [0.25, 0.3) is 33.3 Å². The number of piperidine rings is 1. The van der Waals surface area contributed by atoms with Gasteiger partial charge >= 0.3 is 6.18 Å². The number of likely N-dealkylation sites (tertiary alicyclic amines) is 1. The fourth-order valence-corrected chi connectivity index (χ4v) is 9.69. The van der Waals surface area contributed by atoms with Crippen LogP contribution in [0.5, 0.6) is 17.2 Å². The molecule has 4 aromatic carbocycles.